The first-order valence-electron chi connectivity index (χ1n) is 24.3. The molecule has 1 nitrogen and oxygen atoms in total. The summed E-state index contributed by atoms with van der Waals surface area (Å²) >= 11 is 0. The molecule has 0 saturated heterocycles. The number of hydrogen-bond donors (Lipinski definition) is 0. The van der Waals surface area contributed by atoms with Gasteiger partial charge in [0.05, 0.1) is 11.0 Å². The molecule has 1 heterocycles. The van der Waals surface area contributed by atoms with Crippen LogP contribution in [0.3, 0.4) is 0 Å². The van der Waals surface area contributed by atoms with E-state index >= 15 is 0 Å². The van der Waals surface area contributed by atoms with Crippen molar-refractivity contribution in [2.24, 2.45) is 0 Å². The Labute approximate surface area is 359 Å². The second kappa shape index (κ2) is 12.3. The topological polar surface area (TPSA) is 13.1 Å². The molecule has 0 spiro atoms. The van der Waals surface area contributed by atoms with Crippen LogP contribution in [0.25, 0.3) is 120 Å². The average molecular weight is 771 g/mol. The van der Waals surface area contributed by atoms with E-state index in [0.29, 0.717) is 27.8 Å². The van der Waals surface area contributed by atoms with Gasteiger partial charge in [0.1, 0.15) is 11.2 Å². The van der Waals surface area contributed by atoms with E-state index in [-0.39, 0.29) is 51.1 Å². The number of furan rings is 1. The molecule has 0 bridgehead atoms. The van der Waals surface area contributed by atoms with Crippen molar-refractivity contribution in [1.29, 1.82) is 0 Å². The van der Waals surface area contributed by atoms with Crippen molar-refractivity contribution in [2.75, 3.05) is 0 Å². The van der Waals surface area contributed by atoms with Crippen molar-refractivity contribution in [1.82, 2.24) is 0 Å². The molecule has 280 valence electrons. The van der Waals surface area contributed by atoms with Crippen LogP contribution in [0.4, 0.5) is 0 Å². The largest absolute Gasteiger partial charge is 0.455 e. The van der Waals surface area contributed by atoms with Crippen molar-refractivity contribution in [2.45, 2.75) is 19.3 Å². The first-order valence-corrected chi connectivity index (χ1v) is 20.3. The lowest BCUT2D eigenvalue weighted by molar-refractivity contribution is 0.653. The van der Waals surface area contributed by atoms with Crippen LogP contribution in [0.2, 0.25) is 0 Å². The maximum absolute atomic E-state index is 9.67. The summed E-state index contributed by atoms with van der Waals surface area (Å²) in [5.74, 6) is 0. The number of hydrogen-bond acceptors (Lipinski definition) is 1. The van der Waals surface area contributed by atoms with Gasteiger partial charge in [0, 0.05) is 21.8 Å². The van der Waals surface area contributed by atoms with Gasteiger partial charge in [-0.2, -0.15) is 0 Å². The minimum atomic E-state index is -0.438. The second-order valence-electron chi connectivity index (χ2n) is 16.5. The molecule has 0 fully saturated rings. The summed E-state index contributed by atoms with van der Waals surface area (Å²) in [6.07, 6.45) is 0. The Morgan fingerprint density at radius 2 is 0.983 bits per heavy atom. The van der Waals surface area contributed by atoms with E-state index in [1.807, 2.05) is 66.7 Å². The zero-order valence-electron chi connectivity index (χ0n) is 40.8. The number of benzene rings is 11. The minimum absolute atomic E-state index is 0.170. The molecule has 1 heteroatoms. The summed E-state index contributed by atoms with van der Waals surface area (Å²) in [7, 11) is 0. The Balaban J connectivity index is 1.13. The molecule has 12 aromatic rings. The zero-order valence-corrected chi connectivity index (χ0v) is 32.8. The third kappa shape index (κ3) is 4.58. The summed E-state index contributed by atoms with van der Waals surface area (Å²) in [6.45, 7) is 4.44. The zero-order chi connectivity index (χ0) is 46.7. The highest BCUT2D eigenvalue weighted by atomic mass is 16.3. The summed E-state index contributed by atoms with van der Waals surface area (Å²) in [6, 6.07) is 46.2. The molecule has 0 atom stereocenters. The molecule has 0 amide bonds. The van der Waals surface area contributed by atoms with Gasteiger partial charge in [-0.1, -0.05) is 190 Å². The van der Waals surface area contributed by atoms with E-state index in [4.69, 9.17) is 9.90 Å². The normalized spacial score (nSPS) is 15.2. The molecular formula is C59H38O. The Morgan fingerprint density at radius 3 is 1.73 bits per heavy atom. The van der Waals surface area contributed by atoms with Crippen LogP contribution in [-0.4, -0.2) is 0 Å². The maximum atomic E-state index is 9.67. The quantitative estimate of drug-likeness (QED) is 0.129. The van der Waals surface area contributed by atoms with Gasteiger partial charge < -0.3 is 4.42 Å². The first kappa shape index (κ1) is 26.5. The summed E-state index contributed by atoms with van der Waals surface area (Å²) in [5.41, 5.74) is 9.53. The van der Waals surface area contributed by atoms with E-state index < -0.39 is 24.2 Å². The molecule has 11 aromatic carbocycles. The Hall–Kier alpha value is -7.48. The van der Waals surface area contributed by atoms with Crippen LogP contribution in [-0.2, 0) is 5.41 Å². The molecule has 13 rings (SSSR count). The van der Waals surface area contributed by atoms with E-state index in [9.17, 15) is 5.48 Å². The predicted molar refractivity (Wildman–Crippen MR) is 255 cm³/mol. The van der Waals surface area contributed by atoms with Gasteiger partial charge in [-0.15, -0.1) is 0 Å². The minimum Gasteiger partial charge on any atom is -0.455 e. The van der Waals surface area contributed by atoms with E-state index in [1.54, 1.807) is 0 Å². The molecule has 0 saturated carbocycles. The molecule has 1 aromatic heterocycles. The molecule has 0 aliphatic heterocycles. The fraction of sp³-hybridized carbons (Fsp3) is 0.0508. The standard InChI is InChI=1S/C59H38O/c1-59(2)52-24-10-9-19-50(52)57-53(59)31-30-49-51-34-38(27-32-54(51)60-58(49)57)55-45-15-5-7-17-47(45)56(48-18-8-6-16-46(48)55)44-23-12-22-41-40-21-11-20-39(42(40)28-29-43(41)44)37-26-25-35-13-3-4-14-36(35)33-37/h3-34H,1-2H3/i5D,6D,7D,8D,15D,16D,17D,18D. The lowest BCUT2D eigenvalue weighted by atomic mass is 9.82. The van der Waals surface area contributed by atoms with E-state index in [0.717, 1.165) is 76.5 Å². The van der Waals surface area contributed by atoms with Gasteiger partial charge in [0.15, 0.2) is 0 Å². The van der Waals surface area contributed by atoms with Crippen LogP contribution in [0, 0.1) is 0 Å². The SMILES string of the molecule is [2H]c1c([2H])c([2H])c2c(-c3cccc4c3ccc3c(-c5ccc6ccccc6c5)cccc34)c3c([2H])c([2H])c([2H])c([2H])c3c(-c3ccc4oc5c6c(ccc5c4c3)C(C)(C)c3ccccc3-6)c2c1[2H]. The smallest absolute Gasteiger partial charge is 0.143 e. The van der Waals surface area contributed by atoms with Crippen LogP contribution >= 0.6 is 0 Å². The Morgan fingerprint density at radius 1 is 0.383 bits per heavy atom. The van der Waals surface area contributed by atoms with Crippen LogP contribution < -0.4 is 0 Å². The highest BCUT2D eigenvalue weighted by Crippen LogP contribution is 2.53. The summed E-state index contributed by atoms with van der Waals surface area (Å²) in [4.78, 5) is 0. The third-order valence-electron chi connectivity index (χ3n) is 13.1. The van der Waals surface area contributed by atoms with Crippen LogP contribution in [0.1, 0.15) is 35.9 Å². The molecule has 0 N–H and O–H groups in total. The van der Waals surface area contributed by atoms with Crippen molar-refractivity contribution in [3.63, 3.8) is 0 Å². The first-order chi connectivity index (χ1) is 32.8. The van der Waals surface area contributed by atoms with Crippen molar-refractivity contribution in [3.8, 4) is 44.5 Å². The van der Waals surface area contributed by atoms with Crippen molar-refractivity contribution < 1.29 is 15.4 Å². The average Bonchev–Trinajstić information content (AvgIpc) is 3.85. The Bertz CT molecular complexity index is 4200. The molecule has 0 unspecified atom stereocenters. The highest BCUT2D eigenvalue weighted by molar-refractivity contribution is 6.26. The highest BCUT2D eigenvalue weighted by Gasteiger charge is 2.37. The fourth-order valence-electron chi connectivity index (χ4n) is 10.3. The van der Waals surface area contributed by atoms with Gasteiger partial charge in [0.2, 0.25) is 0 Å². The maximum Gasteiger partial charge on any atom is 0.143 e. The fourth-order valence-corrected chi connectivity index (χ4v) is 10.3. The van der Waals surface area contributed by atoms with E-state index in [1.165, 1.54) is 5.56 Å². The van der Waals surface area contributed by atoms with E-state index in [2.05, 4.69) is 92.7 Å². The van der Waals surface area contributed by atoms with Gasteiger partial charge in [-0.3, -0.25) is 0 Å². The molecule has 60 heavy (non-hydrogen) atoms. The summed E-state index contributed by atoms with van der Waals surface area (Å²) < 4.78 is 81.6. The lowest BCUT2D eigenvalue weighted by Crippen LogP contribution is -2.14. The van der Waals surface area contributed by atoms with Gasteiger partial charge in [-0.25, -0.2) is 0 Å². The van der Waals surface area contributed by atoms with Gasteiger partial charge in [-0.05, 0) is 122 Å². The monoisotopic (exact) mass is 770 g/mol. The van der Waals surface area contributed by atoms with Crippen molar-refractivity contribution in [3.05, 3.63) is 205 Å². The number of fused-ring (bicyclic) bond motifs is 13. The van der Waals surface area contributed by atoms with Gasteiger partial charge >= 0.3 is 0 Å². The predicted octanol–water partition coefficient (Wildman–Crippen LogP) is 16.7. The van der Waals surface area contributed by atoms with Crippen LogP contribution in [0.5, 0.6) is 0 Å². The van der Waals surface area contributed by atoms with Crippen molar-refractivity contribution >= 4 is 75.8 Å². The third-order valence-corrected chi connectivity index (χ3v) is 13.1. The molecular weight excluding hydrogens is 725 g/mol. The lowest BCUT2D eigenvalue weighted by Gasteiger charge is -2.21. The molecule has 0 radical (unpaired) electrons. The van der Waals surface area contributed by atoms with Gasteiger partial charge in [0.25, 0.3) is 0 Å². The molecule has 1 aliphatic carbocycles. The number of rotatable bonds is 3. The molecule has 1 aliphatic rings. The summed E-state index contributed by atoms with van der Waals surface area (Å²) in [5, 5.41) is 8.30. The van der Waals surface area contributed by atoms with Crippen LogP contribution in [0.15, 0.2) is 198 Å². The second-order valence-corrected chi connectivity index (χ2v) is 16.5. The Kier molecular flexibility index (Phi) is 5.42.